The molecule has 7 heteroatoms. The number of hydrogen-bond acceptors (Lipinski definition) is 5. The Morgan fingerprint density at radius 2 is 2.48 bits per heavy atom. The maximum absolute atomic E-state index is 12.1. The van der Waals surface area contributed by atoms with Gasteiger partial charge in [0, 0.05) is 31.0 Å². The number of aryl methyl sites for hydroxylation is 3. The Hall–Kier alpha value is -2.18. The third kappa shape index (κ3) is 3.29. The first-order valence-corrected chi connectivity index (χ1v) is 7.30. The van der Waals surface area contributed by atoms with Crippen molar-refractivity contribution < 1.29 is 9.32 Å². The van der Waals surface area contributed by atoms with Crippen molar-refractivity contribution in [3.63, 3.8) is 0 Å². The molecule has 0 aromatic carbocycles. The van der Waals surface area contributed by atoms with Gasteiger partial charge in [0.15, 0.2) is 5.82 Å². The Bertz CT molecular complexity index is 618. The molecule has 0 saturated carbocycles. The van der Waals surface area contributed by atoms with Crippen LogP contribution in [0.25, 0.3) is 0 Å². The minimum Gasteiger partial charge on any atom is -0.356 e. The summed E-state index contributed by atoms with van der Waals surface area (Å²) in [5, 5.41) is 6.73. The van der Waals surface area contributed by atoms with E-state index in [9.17, 15) is 4.79 Å². The van der Waals surface area contributed by atoms with Crippen molar-refractivity contribution in [2.45, 2.75) is 39.0 Å². The molecule has 1 aliphatic rings. The molecule has 3 rings (SSSR count). The summed E-state index contributed by atoms with van der Waals surface area (Å²) >= 11 is 0. The summed E-state index contributed by atoms with van der Waals surface area (Å²) < 4.78 is 5.03. The number of aromatic amines is 1. The van der Waals surface area contributed by atoms with Gasteiger partial charge >= 0.3 is 0 Å². The average Bonchev–Trinajstić information content (AvgIpc) is 3.11. The number of carbonyl (C=O) groups is 1. The number of rotatable bonds is 5. The highest BCUT2D eigenvalue weighted by atomic mass is 16.5. The standard InChI is InChI=1S/C14H19N5O2/c1-9-18-13(21-19-9)3-2-6-15-14(20)10-4-5-11-12(7-10)17-8-16-11/h8,10H,2-7H2,1H3,(H,15,20)(H,16,17). The molecule has 0 saturated heterocycles. The lowest BCUT2D eigenvalue weighted by molar-refractivity contribution is -0.125. The topological polar surface area (TPSA) is 96.7 Å². The Labute approximate surface area is 122 Å². The van der Waals surface area contributed by atoms with E-state index in [1.54, 1.807) is 13.3 Å². The predicted octanol–water partition coefficient (Wildman–Crippen LogP) is 0.955. The Morgan fingerprint density at radius 1 is 1.57 bits per heavy atom. The zero-order chi connectivity index (χ0) is 14.7. The molecule has 2 heterocycles. The van der Waals surface area contributed by atoms with Crippen molar-refractivity contribution in [3.8, 4) is 0 Å². The Balaban J connectivity index is 1.41. The molecule has 0 bridgehead atoms. The summed E-state index contributed by atoms with van der Waals surface area (Å²) in [5.74, 6) is 1.44. The maximum Gasteiger partial charge on any atom is 0.226 e. The third-order valence-corrected chi connectivity index (χ3v) is 3.79. The van der Waals surface area contributed by atoms with Gasteiger partial charge < -0.3 is 14.8 Å². The van der Waals surface area contributed by atoms with Gasteiger partial charge in [-0.1, -0.05) is 5.16 Å². The number of fused-ring (bicyclic) bond motifs is 1. The number of amides is 1. The van der Waals surface area contributed by atoms with Crippen molar-refractivity contribution in [3.05, 3.63) is 29.4 Å². The van der Waals surface area contributed by atoms with Crippen LogP contribution in [0.5, 0.6) is 0 Å². The van der Waals surface area contributed by atoms with E-state index in [0.717, 1.165) is 37.1 Å². The molecule has 0 fully saturated rings. The monoisotopic (exact) mass is 289 g/mol. The molecule has 7 nitrogen and oxygen atoms in total. The number of carbonyl (C=O) groups excluding carboxylic acids is 1. The molecule has 1 aliphatic carbocycles. The number of H-pyrrole nitrogens is 1. The van der Waals surface area contributed by atoms with E-state index in [2.05, 4.69) is 25.4 Å². The lowest BCUT2D eigenvalue weighted by atomic mass is 9.89. The summed E-state index contributed by atoms with van der Waals surface area (Å²) in [6.07, 6.45) is 5.69. The van der Waals surface area contributed by atoms with Gasteiger partial charge in [0.1, 0.15) is 0 Å². The van der Waals surface area contributed by atoms with Crippen LogP contribution in [0.15, 0.2) is 10.9 Å². The summed E-state index contributed by atoms with van der Waals surface area (Å²) in [5.41, 5.74) is 2.20. The van der Waals surface area contributed by atoms with Gasteiger partial charge in [0.2, 0.25) is 11.8 Å². The summed E-state index contributed by atoms with van der Waals surface area (Å²) in [7, 11) is 0. The molecule has 1 unspecified atom stereocenters. The molecule has 1 atom stereocenters. The molecule has 0 radical (unpaired) electrons. The Kier molecular flexibility index (Phi) is 3.98. The van der Waals surface area contributed by atoms with Gasteiger partial charge in [-0.05, 0) is 26.2 Å². The second-order valence-corrected chi connectivity index (χ2v) is 5.40. The van der Waals surface area contributed by atoms with Crippen molar-refractivity contribution in [2.75, 3.05) is 6.54 Å². The summed E-state index contributed by atoms with van der Waals surface area (Å²) in [6, 6.07) is 0. The fraction of sp³-hybridized carbons (Fsp3) is 0.571. The van der Waals surface area contributed by atoms with Gasteiger partial charge in [0.05, 0.1) is 12.0 Å². The first kappa shape index (κ1) is 13.8. The highest BCUT2D eigenvalue weighted by Crippen LogP contribution is 2.22. The second kappa shape index (κ2) is 6.07. The molecule has 2 aromatic rings. The molecule has 0 aliphatic heterocycles. The lowest BCUT2D eigenvalue weighted by Crippen LogP contribution is -2.34. The van der Waals surface area contributed by atoms with E-state index >= 15 is 0 Å². The molecule has 2 aromatic heterocycles. The third-order valence-electron chi connectivity index (χ3n) is 3.79. The SMILES string of the molecule is Cc1noc(CCCNC(=O)C2CCc3nc[nH]c3C2)n1. The minimum atomic E-state index is 0.0450. The fourth-order valence-corrected chi connectivity index (χ4v) is 2.66. The van der Waals surface area contributed by atoms with E-state index in [0.29, 0.717) is 24.7 Å². The van der Waals surface area contributed by atoms with Crippen LogP contribution >= 0.6 is 0 Å². The van der Waals surface area contributed by atoms with Crippen molar-refractivity contribution in [2.24, 2.45) is 5.92 Å². The van der Waals surface area contributed by atoms with E-state index in [1.807, 2.05) is 0 Å². The fourth-order valence-electron chi connectivity index (χ4n) is 2.66. The number of hydrogen-bond donors (Lipinski definition) is 2. The van der Waals surface area contributed by atoms with Crippen molar-refractivity contribution >= 4 is 5.91 Å². The van der Waals surface area contributed by atoms with Gasteiger partial charge in [-0.25, -0.2) is 4.98 Å². The quantitative estimate of drug-likeness (QED) is 0.799. The predicted molar refractivity (Wildman–Crippen MR) is 74.5 cm³/mol. The first-order valence-electron chi connectivity index (χ1n) is 7.30. The highest BCUT2D eigenvalue weighted by Gasteiger charge is 2.25. The van der Waals surface area contributed by atoms with E-state index < -0.39 is 0 Å². The largest absolute Gasteiger partial charge is 0.356 e. The normalized spacial score (nSPS) is 17.5. The highest BCUT2D eigenvalue weighted by molar-refractivity contribution is 5.79. The summed E-state index contributed by atoms with van der Waals surface area (Å²) in [4.78, 5) is 23.6. The number of nitrogens with zero attached hydrogens (tertiary/aromatic N) is 3. The zero-order valence-corrected chi connectivity index (χ0v) is 12.1. The molecule has 112 valence electrons. The van der Waals surface area contributed by atoms with Gasteiger partial charge in [-0.2, -0.15) is 4.98 Å². The Morgan fingerprint density at radius 3 is 3.29 bits per heavy atom. The molecule has 0 spiro atoms. The van der Waals surface area contributed by atoms with Gasteiger partial charge in [-0.15, -0.1) is 0 Å². The van der Waals surface area contributed by atoms with Crippen molar-refractivity contribution in [1.29, 1.82) is 0 Å². The van der Waals surface area contributed by atoms with Crippen LogP contribution in [0.2, 0.25) is 0 Å². The maximum atomic E-state index is 12.1. The van der Waals surface area contributed by atoms with Crippen LogP contribution in [0.3, 0.4) is 0 Å². The van der Waals surface area contributed by atoms with Crippen LogP contribution < -0.4 is 5.32 Å². The smallest absolute Gasteiger partial charge is 0.226 e. The second-order valence-electron chi connectivity index (χ2n) is 5.40. The minimum absolute atomic E-state index is 0.0450. The molecular weight excluding hydrogens is 270 g/mol. The van der Waals surface area contributed by atoms with E-state index in [4.69, 9.17) is 4.52 Å². The van der Waals surface area contributed by atoms with Crippen LogP contribution in [0.4, 0.5) is 0 Å². The van der Waals surface area contributed by atoms with Gasteiger partial charge in [-0.3, -0.25) is 4.79 Å². The first-order chi connectivity index (χ1) is 10.2. The number of aromatic nitrogens is 4. The molecule has 2 N–H and O–H groups in total. The van der Waals surface area contributed by atoms with Crippen LogP contribution in [-0.2, 0) is 24.1 Å². The lowest BCUT2D eigenvalue weighted by Gasteiger charge is -2.20. The van der Waals surface area contributed by atoms with Gasteiger partial charge in [0.25, 0.3) is 0 Å². The summed E-state index contributed by atoms with van der Waals surface area (Å²) in [6.45, 7) is 2.42. The molecule has 21 heavy (non-hydrogen) atoms. The molecule has 1 amide bonds. The van der Waals surface area contributed by atoms with Crippen LogP contribution in [0.1, 0.15) is 35.9 Å². The average molecular weight is 289 g/mol. The van der Waals surface area contributed by atoms with Crippen LogP contribution in [-0.4, -0.2) is 32.6 Å². The number of imidazole rings is 1. The number of nitrogens with one attached hydrogen (secondary N) is 2. The van der Waals surface area contributed by atoms with E-state index in [1.165, 1.54) is 0 Å². The van der Waals surface area contributed by atoms with E-state index in [-0.39, 0.29) is 11.8 Å². The van der Waals surface area contributed by atoms with Crippen molar-refractivity contribution in [1.82, 2.24) is 25.4 Å². The molecular formula is C14H19N5O2. The zero-order valence-electron chi connectivity index (χ0n) is 12.1. The van der Waals surface area contributed by atoms with Crippen LogP contribution in [0, 0.1) is 12.8 Å².